The Morgan fingerprint density at radius 2 is 1.69 bits per heavy atom. The first-order chi connectivity index (χ1) is 19.1. The highest BCUT2D eigenvalue weighted by atomic mass is 16.5. The standard InChI is InChI=1S/C29H52N8O2/c1-2-39-28(38)22-36-15-17-37(18-16-36)27-19-26(30)34-29(35-27)33-21-24-11-9-23(10-12-24)20-31-13-6-14-32-25-7-4-3-5-8-25/h19,23-25,31-32H,2-18,20-22H2,1H3,(H3,30,33,34,35). The zero-order valence-electron chi connectivity index (χ0n) is 24.1. The molecule has 3 aliphatic rings. The molecule has 1 aromatic heterocycles. The van der Waals surface area contributed by atoms with Crippen molar-refractivity contribution in [2.75, 3.05) is 81.5 Å². The van der Waals surface area contributed by atoms with Crippen LogP contribution in [0.2, 0.25) is 0 Å². The summed E-state index contributed by atoms with van der Waals surface area (Å²) in [4.78, 5) is 25.3. The Bertz CT molecular complexity index is 850. The van der Waals surface area contributed by atoms with Crippen LogP contribution in [0.25, 0.3) is 0 Å². The van der Waals surface area contributed by atoms with Crippen molar-refractivity contribution in [1.82, 2.24) is 25.5 Å². The number of aromatic nitrogens is 2. The highest BCUT2D eigenvalue weighted by molar-refractivity contribution is 5.71. The average molecular weight is 545 g/mol. The Kier molecular flexibility index (Phi) is 12.4. The topological polar surface area (TPSA) is 121 Å². The summed E-state index contributed by atoms with van der Waals surface area (Å²) >= 11 is 0. The van der Waals surface area contributed by atoms with Crippen molar-refractivity contribution < 1.29 is 9.53 Å². The van der Waals surface area contributed by atoms with E-state index in [2.05, 4.69) is 30.7 Å². The van der Waals surface area contributed by atoms with E-state index >= 15 is 0 Å². The van der Waals surface area contributed by atoms with Crippen LogP contribution < -0.4 is 26.6 Å². The number of piperazine rings is 1. The zero-order valence-corrected chi connectivity index (χ0v) is 24.1. The van der Waals surface area contributed by atoms with Gasteiger partial charge in [0.15, 0.2) is 0 Å². The molecule has 39 heavy (non-hydrogen) atoms. The third kappa shape index (κ3) is 10.4. The normalized spacial score (nSPS) is 23.1. The molecule has 0 unspecified atom stereocenters. The summed E-state index contributed by atoms with van der Waals surface area (Å²) in [5, 5.41) is 10.9. The van der Waals surface area contributed by atoms with Crippen molar-refractivity contribution in [3.05, 3.63) is 6.07 Å². The van der Waals surface area contributed by atoms with Crippen LogP contribution in [0.5, 0.6) is 0 Å². The van der Waals surface area contributed by atoms with Gasteiger partial charge in [0.2, 0.25) is 5.95 Å². The Morgan fingerprint density at radius 1 is 0.974 bits per heavy atom. The SMILES string of the molecule is CCOC(=O)CN1CCN(c2cc(N)nc(NCC3CCC(CNCCCNC4CCCCC4)CC3)n2)CC1. The van der Waals surface area contributed by atoms with Crippen LogP contribution >= 0.6 is 0 Å². The van der Waals surface area contributed by atoms with Gasteiger partial charge in [0.1, 0.15) is 11.6 Å². The molecule has 0 radical (unpaired) electrons. The van der Waals surface area contributed by atoms with E-state index in [-0.39, 0.29) is 5.97 Å². The lowest BCUT2D eigenvalue weighted by molar-refractivity contribution is -0.144. The fourth-order valence-corrected chi connectivity index (χ4v) is 6.23. The monoisotopic (exact) mass is 544 g/mol. The molecule has 220 valence electrons. The summed E-state index contributed by atoms with van der Waals surface area (Å²) in [5.41, 5.74) is 6.13. The molecular weight excluding hydrogens is 492 g/mol. The minimum atomic E-state index is -0.161. The van der Waals surface area contributed by atoms with Crippen LogP contribution in [0.15, 0.2) is 6.07 Å². The first-order valence-corrected chi connectivity index (χ1v) is 15.5. The van der Waals surface area contributed by atoms with Gasteiger partial charge in [-0.25, -0.2) is 0 Å². The van der Waals surface area contributed by atoms with Gasteiger partial charge in [0.05, 0.1) is 13.2 Å². The largest absolute Gasteiger partial charge is 0.465 e. The number of nitrogens with zero attached hydrogens (tertiary/aromatic N) is 4. The average Bonchev–Trinajstić information content (AvgIpc) is 2.95. The van der Waals surface area contributed by atoms with Crippen molar-refractivity contribution in [3.63, 3.8) is 0 Å². The first kappa shape index (κ1) is 29.8. The second kappa shape index (κ2) is 16.2. The first-order valence-electron chi connectivity index (χ1n) is 15.5. The lowest BCUT2D eigenvalue weighted by Crippen LogP contribution is -2.48. The Hall–Kier alpha value is -2.17. The smallest absolute Gasteiger partial charge is 0.320 e. The predicted molar refractivity (Wildman–Crippen MR) is 158 cm³/mol. The van der Waals surface area contributed by atoms with Gasteiger partial charge in [-0.3, -0.25) is 9.69 Å². The molecule has 5 N–H and O–H groups in total. The van der Waals surface area contributed by atoms with E-state index in [1.807, 2.05) is 13.0 Å². The van der Waals surface area contributed by atoms with E-state index in [0.29, 0.717) is 30.8 Å². The summed E-state index contributed by atoms with van der Waals surface area (Å²) in [6.07, 6.45) is 13.3. The number of ether oxygens (including phenoxy) is 1. The number of carbonyl (C=O) groups excluding carboxylic acids is 1. The van der Waals surface area contributed by atoms with Crippen LogP contribution in [-0.2, 0) is 9.53 Å². The summed E-state index contributed by atoms with van der Waals surface area (Å²) < 4.78 is 5.07. The van der Waals surface area contributed by atoms with E-state index in [0.717, 1.165) is 70.1 Å². The van der Waals surface area contributed by atoms with Crippen molar-refractivity contribution in [2.24, 2.45) is 11.8 Å². The Balaban J connectivity index is 1.09. The lowest BCUT2D eigenvalue weighted by atomic mass is 9.82. The molecule has 1 saturated heterocycles. The fourth-order valence-electron chi connectivity index (χ4n) is 6.23. The molecule has 3 fully saturated rings. The predicted octanol–water partition coefficient (Wildman–Crippen LogP) is 2.86. The molecule has 2 saturated carbocycles. The molecule has 0 spiro atoms. The van der Waals surface area contributed by atoms with Crippen LogP contribution in [0.4, 0.5) is 17.6 Å². The van der Waals surface area contributed by atoms with E-state index in [4.69, 9.17) is 15.5 Å². The summed E-state index contributed by atoms with van der Waals surface area (Å²) in [6, 6.07) is 2.61. The van der Waals surface area contributed by atoms with Crippen molar-refractivity contribution in [3.8, 4) is 0 Å². The highest BCUT2D eigenvalue weighted by Crippen LogP contribution is 2.29. The molecule has 1 aromatic rings. The summed E-state index contributed by atoms with van der Waals surface area (Å²) in [5.74, 6) is 3.24. The van der Waals surface area contributed by atoms with Crippen LogP contribution in [0.3, 0.4) is 0 Å². The minimum Gasteiger partial charge on any atom is -0.465 e. The number of hydrogen-bond acceptors (Lipinski definition) is 10. The number of anilines is 3. The third-order valence-corrected chi connectivity index (χ3v) is 8.60. The number of esters is 1. The van der Waals surface area contributed by atoms with Crippen LogP contribution in [0.1, 0.15) is 71.1 Å². The second-order valence-corrected chi connectivity index (χ2v) is 11.7. The minimum absolute atomic E-state index is 0.161. The summed E-state index contributed by atoms with van der Waals surface area (Å²) in [7, 11) is 0. The van der Waals surface area contributed by atoms with Gasteiger partial charge in [-0.1, -0.05) is 19.3 Å². The third-order valence-electron chi connectivity index (χ3n) is 8.60. The molecule has 1 aliphatic heterocycles. The number of nitrogens with one attached hydrogen (secondary N) is 3. The van der Waals surface area contributed by atoms with Gasteiger partial charge < -0.3 is 31.3 Å². The quantitative estimate of drug-likeness (QED) is 0.205. The van der Waals surface area contributed by atoms with E-state index in [1.54, 1.807) is 0 Å². The van der Waals surface area contributed by atoms with Gasteiger partial charge in [-0.15, -0.1) is 0 Å². The molecule has 4 rings (SSSR count). The van der Waals surface area contributed by atoms with Gasteiger partial charge in [-0.05, 0) is 83.3 Å². The van der Waals surface area contributed by atoms with Gasteiger partial charge in [0, 0.05) is 44.8 Å². The number of nitrogen functional groups attached to an aromatic ring is 1. The molecular formula is C29H52N8O2. The van der Waals surface area contributed by atoms with E-state index < -0.39 is 0 Å². The van der Waals surface area contributed by atoms with Gasteiger partial charge in [0.25, 0.3) is 0 Å². The Morgan fingerprint density at radius 3 is 2.41 bits per heavy atom. The van der Waals surface area contributed by atoms with Crippen molar-refractivity contribution >= 4 is 23.6 Å². The molecule has 0 bridgehead atoms. The van der Waals surface area contributed by atoms with E-state index in [1.165, 1.54) is 64.2 Å². The molecule has 0 aromatic carbocycles. The van der Waals surface area contributed by atoms with Crippen molar-refractivity contribution in [1.29, 1.82) is 0 Å². The van der Waals surface area contributed by atoms with Crippen LogP contribution in [0, 0.1) is 11.8 Å². The number of nitrogens with two attached hydrogens (primary N) is 1. The Labute approximate surface area is 235 Å². The second-order valence-electron chi connectivity index (χ2n) is 11.7. The van der Waals surface area contributed by atoms with Crippen LogP contribution in [-0.4, -0.2) is 92.4 Å². The zero-order chi connectivity index (χ0) is 27.3. The fraction of sp³-hybridized carbons (Fsp3) is 0.828. The maximum Gasteiger partial charge on any atom is 0.320 e. The molecule has 2 aliphatic carbocycles. The molecule has 0 atom stereocenters. The number of carbonyl (C=O) groups is 1. The lowest BCUT2D eigenvalue weighted by Gasteiger charge is -2.35. The summed E-state index contributed by atoms with van der Waals surface area (Å²) in [6.45, 7) is 10.1. The van der Waals surface area contributed by atoms with Crippen molar-refractivity contribution in [2.45, 2.75) is 77.2 Å². The molecule has 0 amide bonds. The highest BCUT2D eigenvalue weighted by Gasteiger charge is 2.23. The van der Waals surface area contributed by atoms with Gasteiger partial charge in [-0.2, -0.15) is 9.97 Å². The maximum absolute atomic E-state index is 11.8. The molecule has 10 heteroatoms. The number of rotatable bonds is 14. The molecule has 10 nitrogen and oxygen atoms in total. The molecule has 2 heterocycles. The van der Waals surface area contributed by atoms with E-state index in [9.17, 15) is 4.79 Å². The van der Waals surface area contributed by atoms with Gasteiger partial charge >= 0.3 is 5.97 Å². The number of hydrogen-bond donors (Lipinski definition) is 4. The maximum atomic E-state index is 11.8.